The first-order valence-corrected chi connectivity index (χ1v) is 5.99. The van der Waals surface area contributed by atoms with Crippen LogP contribution in [0.4, 0.5) is 10.5 Å². The molecular formula is C12H11ClN4O3. The number of nitrogens with zero attached hydrogens (tertiary/aromatic N) is 1. The second-order valence-electron chi connectivity index (χ2n) is 3.88. The standard InChI is InChI=1S/C12H11ClN4O3/c13-10-3-7(1-2-9(10)11(18)19)17-12(20)15-5-8-4-14-6-16-8/h1-4,6H,5H2,(H,14,16)(H,18,19)(H2,15,17,20). The van der Waals surface area contributed by atoms with E-state index >= 15 is 0 Å². The number of carbonyl (C=O) groups excluding carboxylic acids is 1. The summed E-state index contributed by atoms with van der Waals surface area (Å²) < 4.78 is 0. The molecule has 4 N–H and O–H groups in total. The SMILES string of the molecule is O=C(NCc1cnc[nH]1)Nc1ccc(C(=O)O)c(Cl)c1. The van der Waals surface area contributed by atoms with Gasteiger partial charge in [-0.15, -0.1) is 0 Å². The quantitative estimate of drug-likeness (QED) is 0.692. The number of carboxylic acid groups (broad SMARTS) is 1. The lowest BCUT2D eigenvalue weighted by atomic mass is 10.2. The Kier molecular flexibility index (Phi) is 4.21. The number of carboxylic acids is 1. The molecule has 0 fully saturated rings. The molecule has 20 heavy (non-hydrogen) atoms. The van der Waals surface area contributed by atoms with Crippen LogP contribution in [-0.2, 0) is 6.54 Å². The van der Waals surface area contributed by atoms with E-state index in [4.69, 9.17) is 16.7 Å². The van der Waals surface area contributed by atoms with Gasteiger partial charge in [0.15, 0.2) is 0 Å². The molecule has 2 amide bonds. The van der Waals surface area contributed by atoms with Crippen molar-refractivity contribution < 1.29 is 14.7 Å². The van der Waals surface area contributed by atoms with Crippen LogP contribution in [0.25, 0.3) is 0 Å². The average molecular weight is 295 g/mol. The van der Waals surface area contributed by atoms with Gasteiger partial charge < -0.3 is 20.7 Å². The number of urea groups is 1. The van der Waals surface area contributed by atoms with Crippen molar-refractivity contribution in [2.75, 3.05) is 5.32 Å². The van der Waals surface area contributed by atoms with Crippen LogP contribution in [0.5, 0.6) is 0 Å². The molecule has 0 aliphatic rings. The van der Waals surface area contributed by atoms with Crippen LogP contribution >= 0.6 is 11.6 Å². The number of nitrogens with one attached hydrogen (secondary N) is 3. The van der Waals surface area contributed by atoms with Gasteiger partial charge in [0.25, 0.3) is 0 Å². The highest BCUT2D eigenvalue weighted by Gasteiger charge is 2.10. The van der Waals surface area contributed by atoms with Crippen LogP contribution in [-0.4, -0.2) is 27.1 Å². The number of H-pyrrole nitrogens is 1. The molecule has 1 aromatic carbocycles. The van der Waals surface area contributed by atoms with E-state index in [-0.39, 0.29) is 10.6 Å². The van der Waals surface area contributed by atoms with Gasteiger partial charge in [-0.05, 0) is 18.2 Å². The first-order valence-electron chi connectivity index (χ1n) is 5.61. The number of aromatic amines is 1. The number of amides is 2. The number of imidazole rings is 1. The monoisotopic (exact) mass is 294 g/mol. The fraction of sp³-hybridized carbons (Fsp3) is 0.0833. The third kappa shape index (κ3) is 3.48. The highest BCUT2D eigenvalue weighted by molar-refractivity contribution is 6.33. The molecular weight excluding hydrogens is 284 g/mol. The van der Waals surface area contributed by atoms with Gasteiger partial charge in [0, 0.05) is 11.9 Å². The van der Waals surface area contributed by atoms with E-state index in [9.17, 15) is 9.59 Å². The third-order valence-corrected chi connectivity index (χ3v) is 2.76. The van der Waals surface area contributed by atoms with Crippen molar-refractivity contribution >= 4 is 29.3 Å². The largest absolute Gasteiger partial charge is 0.478 e. The fourth-order valence-corrected chi connectivity index (χ4v) is 1.76. The molecule has 104 valence electrons. The van der Waals surface area contributed by atoms with Crippen LogP contribution in [0.3, 0.4) is 0 Å². The highest BCUT2D eigenvalue weighted by Crippen LogP contribution is 2.20. The van der Waals surface area contributed by atoms with Gasteiger partial charge in [-0.2, -0.15) is 0 Å². The van der Waals surface area contributed by atoms with E-state index in [1.54, 1.807) is 6.20 Å². The van der Waals surface area contributed by atoms with Crippen molar-refractivity contribution in [3.63, 3.8) is 0 Å². The molecule has 0 aliphatic carbocycles. The first-order chi connectivity index (χ1) is 9.56. The van der Waals surface area contributed by atoms with Crippen molar-refractivity contribution in [2.24, 2.45) is 0 Å². The minimum atomic E-state index is -1.12. The molecule has 0 aliphatic heterocycles. The van der Waals surface area contributed by atoms with Crippen LogP contribution in [0.15, 0.2) is 30.7 Å². The molecule has 8 heteroatoms. The Morgan fingerprint density at radius 3 is 2.80 bits per heavy atom. The maximum Gasteiger partial charge on any atom is 0.337 e. The van der Waals surface area contributed by atoms with E-state index in [0.29, 0.717) is 12.2 Å². The summed E-state index contributed by atoms with van der Waals surface area (Å²) in [6.07, 6.45) is 3.11. The van der Waals surface area contributed by atoms with E-state index in [1.165, 1.54) is 24.5 Å². The molecule has 0 saturated heterocycles. The summed E-state index contributed by atoms with van der Waals surface area (Å²) in [5, 5.41) is 14.1. The van der Waals surface area contributed by atoms with Crippen molar-refractivity contribution in [3.8, 4) is 0 Å². The average Bonchev–Trinajstić information content (AvgIpc) is 2.89. The summed E-state index contributed by atoms with van der Waals surface area (Å²) in [5.74, 6) is -1.12. The van der Waals surface area contributed by atoms with Crippen LogP contribution < -0.4 is 10.6 Å². The van der Waals surface area contributed by atoms with E-state index < -0.39 is 12.0 Å². The lowest BCUT2D eigenvalue weighted by molar-refractivity contribution is 0.0697. The highest BCUT2D eigenvalue weighted by atomic mass is 35.5. The maximum absolute atomic E-state index is 11.6. The van der Waals surface area contributed by atoms with Gasteiger partial charge >= 0.3 is 12.0 Å². The van der Waals surface area contributed by atoms with Gasteiger partial charge in [-0.25, -0.2) is 14.6 Å². The molecule has 0 radical (unpaired) electrons. The third-order valence-electron chi connectivity index (χ3n) is 2.45. The molecule has 0 atom stereocenters. The number of hydrogen-bond acceptors (Lipinski definition) is 3. The van der Waals surface area contributed by atoms with Gasteiger partial charge in [0.1, 0.15) is 0 Å². The number of aromatic nitrogens is 2. The van der Waals surface area contributed by atoms with Crippen molar-refractivity contribution in [1.29, 1.82) is 0 Å². The fourth-order valence-electron chi connectivity index (χ4n) is 1.50. The molecule has 7 nitrogen and oxygen atoms in total. The number of carbonyl (C=O) groups is 2. The smallest absolute Gasteiger partial charge is 0.337 e. The Labute approximate surface area is 119 Å². The maximum atomic E-state index is 11.6. The molecule has 1 aromatic heterocycles. The Bertz CT molecular complexity index is 628. The molecule has 2 rings (SSSR count). The Balaban J connectivity index is 1.94. The van der Waals surface area contributed by atoms with Gasteiger partial charge in [-0.3, -0.25) is 0 Å². The molecule has 0 unspecified atom stereocenters. The number of anilines is 1. The predicted octanol–water partition coefficient (Wildman–Crippen LogP) is 2.08. The number of halogens is 1. The van der Waals surface area contributed by atoms with Gasteiger partial charge in [0.05, 0.1) is 29.2 Å². The molecule has 2 aromatic rings. The molecule has 0 spiro atoms. The zero-order valence-corrected chi connectivity index (χ0v) is 10.9. The number of rotatable bonds is 4. The summed E-state index contributed by atoms with van der Waals surface area (Å²) in [4.78, 5) is 29.1. The Morgan fingerprint density at radius 2 is 2.20 bits per heavy atom. The lowest BCUT2D eigenvalue weighted by Crippen LogP contribution is -2.28. The number of hydrogen-bond donors (Lipinski definition) is 4. The van der Waals surface area contributed by atoms with E-state index in [2.05, 4.69) is 20.6 Å². The number of aromatic carboxylic acids is 1. The zero-order valence-electron chi connectivity index (χ0n) is 10.2. The van der Waals surface area contributed by atoms with Crippen molar-refractivity contribution in [2.45, 2.75) is 6.54 Å². The topological polar surface area (TPSA) is 107 Å². The summed E-state index contributed by atoms with van der Waals surface area (Å²) in [6.45, 7) is 0.298. The summed E-state index contributed by atoms with van der Waals surface area (Å²) >= 11 is 5.80. The predicted molar refractivity (Wildman–Crippen MR) is 72.9 cm³/mol. The molecule has 0 saturated carbocycles. The second-order valence-corrected chi connectivity index (χ2v) is 4.29. The summed E-state index contributed by atoms with van der Waals surface area (Å²) in [6, 6.07) is 3.74. The van der Waals surface area contributed by atoms with E-state index in [0.717, 1.165) is 5.69 Å². The summed E-state index contributed by atoms with van der Waals surface area (Å²) in [5.41, 5.74) is 1.15. The van der Waals surface area contributed by atoms with Crippen LogP contribution in [0.2, 0.25) is 5.02 Å². The Morgan fingerprint density at radius 1 is 1.40 bits per heavy atom. The molecule has 1 heterocycles. The van der Waals surface area contributed by atoms with Crippen LogP contribution in [0, 0.1) is 0 Å². The number of benzene rings is 1. The van der Waals surface area contributed by atoms with Crippen molar-refractivity contribution in [1.82, 2.24) is 15.3 Å². The van der Waals surface area contributed by atoms with Crippen LogP contribution in [0.1, 0.15) is 16.1 Å². The summed E-state index contributed by atoms with van der Waals surface area (Å²) in [7, 11) is 0. The lowest BCUT2D eigenvalue weighted by Gasteiger charge is -2.08. The second kappa shape index (κ2) is 6.07. The minimum absolute atomic E-state index is 0.0184. The van der Waals surface area contributed by atoms with Gasteiger partial charge in [0.2, 0.25) is 0 Å². The van der Waals surface area contributed by atoms with E-state index in [1.807, 2.05) is 0 Å². The van der Waals surface area contributed by atoms with Gasteiger partial charge in [-0.1, -0.05) is 11.6 Å². The minimum Gasteiger partial charge on any atom is -0.478 e. The zero-order chi connectivity index (χ0) is 14.5. The first kappa shape index (κ1) is 13.9. The normalized spacial score (nSPS) is 10.1. The Hall–Kier alpha value is -2.54. The van der Waals surface area contributed by atoms with Crippen molar-refractivity contribution in [3.05, 3.63) is 47.0 Å². The molecule has 0 bridgehead atoms.